The van der Waals surface area contributed by atoms with Gasteiger partial charge >= 0.3 is 6.09 Å². The molecule has 0 spiro atoms. The molecule has 0 unspecified atom stereocenters. The summed E-state index contributed by atoms with van der Waals surface area (Å²) in [5.74, 6) is 0.582. The highest BCUT2D eigenvalue weighted by Crippen LogP contribution is 2.37. The number of carbonyl (C=O) groups excluding carboxylic acids is 2. The lowest BCUT2D eigenvalue weighted by Crippen LogP contribution is -2.39. The molecule has 1 aliphatic heterocycles. The summed E-state index contributed by atoms with van der Waals surface area (Å²) in [6.07, 6.45) is 3.79. The van der Waals surface area contributed by atoms with Crippen LogP contribution in [0.4, 0.5) is 10.6 Å². The molecule has 1 fully saturated rings. The van der Waals surface area contributed by atoms with Crippen molar-refractivity contribution in [3.63, 3.8) is 0 Å². The third kappa shape index (κ3) is 4.99. The molecule has 2 heterocycles. The predicted octanol–water partition coefficient (Wildman–Crippen LogP) is 5.21. The van der Waals surface area contributed by atoms with Crippen molar-refractivity contribution in [3.8, 4) is 0 Å². The molecule has 0 saturated carbocycles. The van der Waals surface area contributed by atoms with Crippen molar-refractivity contribution in [1.29, 1.82) is 0 Å². The largest absolute Gasteiger partial charge is 0.443 e. The molecule has 1 saturated heterocycles. The van der Waals surface area contributed by atoms with Crippen LogP contribution in [0.25, 0.3) is 0 Å². The summed E-state index contributed by atoms with van der Waals surface area (Å²) >= 11 is 0. The van der Waals surface area contributed by atoms with Gasteiger partial charge in [0.15, 0.2) is 0 Å². The summed E-state index contributed by atoms with van der Waals surface area (Å²) in [5, 5.41) is 0. The lowest BCUT2D eigenvalue weighted by molar-refractivity contribution is 0.0578. The number of carbonyl (C=O) groups is 2. The Kier molecular flexibility index (Phi) is 6.75. The highest BCUT2D eigenvalue weighted by molar-refractivity contribution is 5.95. The zero-order chi connectivity index (χ0) is 21.7. The van der Waals surface area contributed by atoms with E-state index in [0.29, 0.717) is 24.5 Å². The number of nitrogens with zero attached hydrogens (tertiary/aromatic N) is 3. The van der Waals surface area contributed by atoms with Gasteiger partial charge in [-0.1, -0.05) is 31.2 Å². The number of hydrogen-bond acceptors (Lipinski definition) is 4. The van der Waals surface area contributed by atoms with E-state index < -0.39 is 11.7 Å². The lowest BCUT2D eigenvalue weighted by Gasteiger charge is -2.31. The molecule has 1 aromatic heterocycles. The van der Waals surface area contributed by atoms with Gasteiger partial charge in [-0.15, -0.1) is 0 Å². The summed E-state index contributed by atoms with van der Waals surface area (Å²) in [6, 6.07) is 13.0. The number of likely N-dealkylation sites (tertiary alicyclic amines) is 1. The van der Waals surface area contributed by atoms with Gasteiger partial charge in [-0.2, -0.15) is 0 Å². The molecule has 1 atom stereocenters. The first-order valence-electron chi connectivity index (χ1n) is 10.6. The van der Waals surface area contributed by atoms with Crippen LogP contribution in [0.5, 0.6) is 0 Å². The third-order valence-electron chi connectivity index (χ3n) is 5.03. The Hall–Kier alpha value is -2.89. The van der Waals surface area contributed by atoms with Gasteiger partial charge in [0.25, 0.3) is 5.91 Å². The fourth-order valence-corrected chi connectivity index (χ4v) is 3.80. The topological polar surface area (TPSA) is 62.7 Å². The third-order valence-corrected chi connectivity index (χ3v) is 5.03. The first-order chi connectivity index (χ1) is 14.3. The highest BCUT2D eigenvalue weighted by atomic mass is 16.6. The monoisotopic (exact) mass is 409 g/mol. The Labute approximate surface area is 178 Å². The molecular formula is C24H31N3O3. The van der Waals surface area contributed by atoms with Crippen molar-refractivity contribution in [2.45, 2.75) is 58.6 Å². The Bertz CT molecular complexity index is 877. The Morgan fingerprint density at radius 2 is 1.90 bits per heavy atom. The van der Waals surface area contributed by atoms with E-state index in [-0.39, 0.29) is 11.9 Å². The van der Waals surface area contributed by atoms with Crippen molar-refractivity contribution < 1.29 is 14.3 Å². The summed E-state index contributed by atoms with van der Waals surface area (Å²) in [5.41, 5.74) is 0.965. The first kappa shape index (κ1) is 21.8. The molecule has 1 aromatic carbocycles. The summed E-state index contributed by atoms with van der Waals surface area (Å²) < 4.78 is 5.63. The molecule has 3 rings (SSSR count). The van der Waals surface area contributed by atoms with Crippen molar-refractivity contribution in [1.82, 2.24) is 9.88 Å². The Morgan fingerprint density at radius 1 is 1.17 bits per heavy atom. The second-order valence-electron chi connectivity index (χ2n) is 8.57. The molecule has 2 aromatic rings. The van der Waals surface area contributed by atoms with Crippen LogP contribution >= 0.6 is 0 Å². The molecule has 0 N–H and O–H groups in total. The maximum absolute atomic E-state index is 13.2. The van der Waals surface area contributed by atoms with E-state index in [1.54, 1.807) is 11.1 Å². The van der Waals surface area contributed by atoms with Gasteiger partial charge < -0.3 is 9.64 Å². The van der Waals surface area contributed by atoms with Crippen molar-refractivity contribution >= 4 is 17.8 Å². The fourth-order valence-electron chi connectivity index (χ4n) is 3.80. The second kappa shape index (κ2) is 9.28. The van der Waals surface area contributed by atoms with Crippen LogP contribution in [0.3, 0.4) is 0 Å². The first-order valence-corrected chi connectivity index (χ1v) is 10.6. The predicted molar refractivity (Wildman–Crippen MR) is 118 cm³/mol. The SMILES string of the molecule is CCCN(C(=O)OC(C)(C)C)c1ncccc1[C@@H]1CCCN1C(=O)c1ccccc1. The summed E-state index contributed by atoms with van der Waals surface area (Å²) in [4.78, 5) is 34.1. The van der Waals surface area contributed by atoms with Crippen molar-refractivity contribution in [3.05, 3.63) is 59.8 Å². The van der Waals surface area contributed by atoms with Crippen molar-refractivity contribution in [2.24, 2.45) is 0 Å². The van der Waals surface area contributed by atoms with Crippen LogP contribution in [0.15, 0.2) is 48.7 Å². The minimum absolute atomic E-state index is 0.00668. The number of rotatable bonds is 5. The number of ether oxygens (including phenoxy) is 1. The number of amides is 2. The maximum Gasteiger partial charge on any atom is 0.416 e. The fraction of sp³-hybridized carbons (Fsp3) is 0.458. The van der Waals surface area contributed by atoms with Gasteiger partial charge in [0.2, 0.25) is 0 Å². The molecule has 6 heteroatoms. The summed E-state index contributed by atoms with van der Waals surface area (Å²) in [6.45, 7) is 8.76. The number of pyridine rings is 1. The van der Waals surface area contributed by atoms with E-state index in [0.717, 1.165) is 24.8 Å². The van der Waals surface area contributed by atoms with E-state index in [9.17, 15) is 9.59 Å². The van der Waals surface area contributed by atoms with Crippen LogP contribution in [0, 0.1) is 0 Å². The Balaban J connectivity index is 1.94. The maximum atomic E-state index is 13.2. The molecule has 0 aliphatic carbocycles. The molecule has 30 heavy (non-hydrogen) atoms. The normalized spacial score (nSPS) is 16.4. The molecule has 1 aliphatic rings. The zero-order valence-electron chi connectivity index (χ0n) is 18.3. The van der Waals surface area contributed by atoms with Crippen molar-refractivity contribution in [2.75, 3.05) is 18.0 Å². The highest BCUT2D eigenvalue weighted by Gasteiger charge is 2.35. The van der Waals surface area contributed by atoms with Crippen LogP contribution < -0.4 is 4.90 Å². The van der Waals surface area contributed by atoms with Gasteiger partial charge in [0, 0.05) is 30.4 Å². The molecule has 2 amide bonds. The smallest absolute Gasteiger partial charge is 0.416 e. The molecular weight excluding hydrogens is 378 g/mol. The quantitative estimate of drug-likeness (QED) is 0.680. The van der Waals surface area contributed by atoms with Gasteiger partial charge in [0.05, 0.1) is 6.04 Å². The van der Waals surface area contributed by atoms with Crippen LogP contribution in [-0.4, -0.2) is 40.6 Å². The second-order valence-corrected chi connectivity index (χ2v) is 8.57. The van der Waals surface area contributed by atoms with Crippen LogP contribution in [-0.2, 0) is 4.74 Å². The minimum atomic E-state index is -0.597. The van der Waals surface area contributed by atoms with E-state index in [1.165, 1.54) is 0 Å². The number of aromatic nitrogens is 1. The van der Waals surface area contributed by atoms with E-state index in [4.69, 9.17) is 4.74 Å². The van der Waals surface area contributed by atoms with Gasteiger partial charge in [-0.05, 0) is 58.2 Å². The number of benzene rings is 1. The van der Waals surface area contributed by atoms with Crippen LogP contribution in [0.1, 0.15) is 68.9 Å². The van der Waals surface area contributed by atoms with E-state index in [1.807, 2.05) is 75.1 Å². The van der Waals surface area contributed by atoms with Gasteiger partial charge in [-0.3, -0.25) is 9.69 Å². The summed E-state index contributed by atoms with van der Waals surface area (Å²) in [7, 11) is 0. The lowest BCUT2D eigenvalue weighted by atomic mass is 10.0. The Morgan fingerprint density at radius 3 is 2.57 bits per heavy atom. The molecule has 6 nitrogen and oxygen atoms in total. The zero-order valence-corrected chi connectivity index (χ0v) is 18.3. The van der Waals surface area contributed by atoms with E-state index in [2.05, 4.69) is 4.98 Å². The minimum Gasteiger partial charge on any atom is -0.443 e. The molecule has 0 radical (unpaired) electrons. The number of hydrogen-bond donors (Lipinski definition) is 0. The molecule has 0 bridgehead atoms. The van der Waals surface area contributed by atoms with Gasteiger partial charge in [-0.25, -0.2) is 9.78 Å². The van der Waals surface area contributed by atoms with Gasteiger partial charge in [0.1, 0.15) is 11.4 Å². The molecule has 160 valence electrons. The number of anilines is 1. The van der Waals surface area contributed by atoms with E-state index >= 15 is 0 Å². The average Bonchev–Trinajstić information content (AvgIpc) is 3.20. The standard InChI is InChI=1S/C24H31N3O3/c1-5-16-27(23(29)30-24(2,3)4)21-19(13-9-15-25-21)20-14-10-17-26(20)22(28)18-11-7-6-8-12-18/h6-9,11-13,15,20H,5,10,14,16-17H2,1-4H3/t20-/m0/s1. The van der Waals surface area contributed by atoms with Crippen LogP contribution in [0.2, 0.25) is 0 Å². The average molecular weight is 410 g/mol.